The van der Waals surface area contributed by atoms with Gasteiger partial charge in [-0.15, -0.1) is 0 Å². The van der Waals surface area contributed by atoms with Gasteiger partial charge in [-0.1, -0.05) is 47.5 Å². The second kappa shape index (κ2) is 9.99. The number of benzene rings is 2. The second-order valence-corrected chi connectivity index (χ2v) is 8.63. The molecular formula is C22H26Cl2N2O3. The Bertz CT molecular complexity index is 848. The van der Waals surface area contributed by atoms with Crippen molar-refractivity contribution in [3.05, 3.63) is 64.1 Å². The normalized spacial score (nSPS) is 12.2. The lowest BCUT2D eigenvalue weighted by Gasteiger charge is -2.31. The summed E-state index contributed by atoms with van der Waals surface area (Å²) >= 11 is 12.0. The molecule has 0 aliphatic rings. The summed E-state index contributed by atoms with van der Waals surface area (Å²) in [6.07, 6.45) is 0. The number of hydrogen-bond donors (Lipinski definition) is 1. The van der Waals surface area contributed by atoms with Gasteiger partial charge in [0.1, 0.15) is 11.8 Å². The lowest BCUT2D eigenvalue weighted by Crippen LogP contribution is -2.53. The minimum Gasteiger partial charge on any atom is -0.482 e. The highest BCUT2D eigenvalue weighted by atomic mass is 35.5. The third-order valence-electron chi connectivity index (χ3n) is 4.12. The smallest absolute Gasteiger partial charge is 0.261 e. The first-order chi connectivity index (χ1) is 13.6. The van der Waals surface area contributed by atoms with E-state index >= 15 is 0 Å². The molecule has 0 aliphatic heterocycles. The van der Waals surface area contributed by atoms with Crippen LogP contribution in [0.2, 0.25) is 10.0 Å². The summed E-state index contributed by atoms with van der Waals surface area (Å²) in [5.74, 6) is -0.144. The van der Waals surface area contributed by atoms with Crippen LogP contribution in [0.3, 0.4) is 0 Å². The molecule has 0 fully saturated rings. The molecule has 0 bridgehead atoms. The Morgan fingerprint density at radius 1 is 1.07 bits per heavy atom. The van der Waals surface area contributed by atoms with Crippen LogP contribution in [0.15, 0.2) is 48.5 Å². The molecule has 0 radical (unpaired) electrons. The van der Waals surface area contributed by atoms with Gasteiger partial charge in [0.25, 0.3) is 5.91 Å². The number of halogens is 2. The second-order valence-electron chi connectivity index (χ2n) is 7.78. The molecular weight excluding hydrogens is 411 g/mol. The van der Waals surface area contributed by atoms with E-state index < -0.39 is 11.6 Å². The average Bonchev–Trinajstić information content (AvgIpc) is 2.64. The average molecular weight is 437 g/mol. The molecule has 2 amide bonds. The van der Waals surface area contributed by atoms with Gasteiger partial charge in [0.05, 0.1) is 5.02 Å². The van der Waals surface area contributed by atoms with Gasteiger partial charge in [0.15, 0.2) is 6.61 Å². The Kier molecular flexibility index (Phi) is 7.94. The Balaban J connectivity index is 2.18. The molecule has 0 aliphatic carbocycles. The summed E-state index contributed by atoms with van der Waals surface area (Å²) in [4.78, 5) is 27.1. The highest BCUT2D eigenvalue weighted by Gasteiger charge is 2.28. The van der Waals surface area contributed by atoms with E-state index in [4.69, 9.17) is 27.9 Å². The summed E-state index contributed by atoms with van der Waals surface area (Å²) in [5, 5.41) is 3.94. The number of amides is 2. The largest absolute Gasteiger partial charge is 0.482 e. The van der Waals surface area contributed by atoms with E-state index in [1.807, 2.05) is 32.9 Å². The van der Waals surface area contributed by atoms with Gasteiger partial charge in [0, 0.05) is 17.1 Å². The quantitative estimate of drug-likeness (QED) is 0.683. The van der Waals surface area contributed by atoms with E-state index in [-0.39, 0.29) is 25.0 Å². The lowest BCUT2D eigenvalue weighted by molar-refractivity contribution is -0.142. The zero-order valence-electron chi connectivity index (χ0n) is 17.0. The number of nitrogens with one attached hydrogen (secondary N) is 1. The number of ether oxygens (including phenoxy) is 1. The van der Waals surface area contributed by atoms with Gasteiger partial charge >= 0.3 is 0 Å². The molecule has 5 nitrogen and oxygen atoms in total. The molecule has 0 spiro atoms. The minimum absolute atomic E-state index is 0.232. The first-order valence-electron chi connectivity index (χ1n) is 9.30. The standard InChI is InChI=1S/C22H26Cl2N2O3/c1-15(21(28)25-22(2,3)4)26(13-16-9-11-17(23)12-10-16)20(27)14-29-19-8-6-5-7-18(19)24/h5-12,15H,13-14H2,1-4H3,(H,25,28). The molecule has 1 N–H and O–H groups in total. The molecule has 0 saturated heterocycles. The molecule has 2 aromatic carbocycles. The van der Waals surface area contributed by atoms with Crippen molar-refractivity contribution in [2.24, 2.45) is 0 Å². The predicted molar refractivity (Wildman–Crippen MR) is 116 cm³/mol. The maximum absolute atomic E-state index is 13.0. The van der Waals surface area contributed by atoms with Crippen molar-refractivity contribution in [2.75, 3.05) is 6.61 Å². The minimum atomic E-state index is -0.688. The highest BCUT2D eigenvalue weighted by Crippen LogP contribution is 2.23. The lowest BCUT2D eigenvalue weighted by atomic mass is 10.1. The van der Waals surface area contributed by atoms with E-state index in [0.29, 0.717) is 15.8 Å². The first-order valence-corrected chi connectivity index (χ1v) is 10.1. The Morgan fingerprint density at radius 3 is 2.28 bits per heavy atom. The van der Waals surface area contributed by atoms with Crippen LogP contribution in [-0.4, -0.2) is 34.9 Å². The van der Waals surface area contributed by atoms with E-state index in [9.17, 15) is 9.59 Å². The molecule has 0 heterocycles. The molecule has 2 rings (SSSR count). The third-order valence-corrected chi connectivity index (χ3v) is 4.68. The molecule has 156 valence electrons. The van der Waals surface area contributed by atoms with Gasteiger partial charge in [-0.2, -0.15) is 0 Å². The Hall–Kier alpha value is -2.24. The number of rotatable bonds is 7. The van der Waals surface area contributed by atoms with Crippen LogP contribution in [0.1, 0.15) is 33.3 Å². The van der Waals surface area contributed by atoms with Gasteiger partial charge in [-0.05, 0) is 57.5 Å². The van der Waals surface area contributed by atoms with Crippen LogP contribution in [0.25, 0.3) is 0 Å². The fraction of sp³-hybridized carbons (Fsp3) is 0.364. The topological polar surface area (TPSA) is 58.6 Å². The fourth-order valence-corrected chi connectivity index (χ4v) is 2.94. The molecule has 0 aromatic heterocycles. The van der Waals surface area contributed by atoms with Gasteiger partial charge in [0.2, 0.25) is 5.91 Å². The number of carbonyl (C=O) groups excluding carboxylic acids is 2. The van der Waals surface area contributed by atoms with E-state index in [0.717, 1.165) is 5.56 Å². The van der Waals surface area contributed by atoms with Crippen molar-refractivity contribution in [1.82, 2.24) is 10.2 Å². The van der Waals surface area contributed by atoms with Crippen molar-refractivity contribution in [3.63, 3.8) is 0 Å². The van der Waals surface area contributed by atoms with Crippen LogP contribution < -0.4 is 10.1 Å². The Morgan fingerprint density at radius 2 is 1.69 bits per heavy atom. The maximum atomic E-state index is 13.0. The van der Waals surface area contributed by atoms with Crippen molar-refractivity contribution in [1.29, 1.82) is 0 Å². The Labute approximate surface area is 181 Å². The molecule has 1 unspecified atom stereocenters. The molecule has 2 aromatic rings. The van der Waals surface area contributed by atoms with Crippen molar-refractivity contribution in [3.8, 4) is 5.75 Å². The highest BCUT2D eigenvalue weighted by molar-refractivity contribution is 6.32. The van der Waals surface area contributed by atoms with Crippen LogP contribution in [0.4, 0.5) is 0 Å². The third kappa shape index (κ3) is 7.26. The summed E-state index contributed by atoms with van der Waals surface area (Å²) < 4.78 is 5.59. The van der Waals surface area contributed by atoms with Crippen molar-refractivity contribution < 1.29 is 14.3 Å². The molecule has 1 atom stereocenters. The van der Waals surface area contributed by atoms with E-state index in [1.54, 1.807) is 43.3 Å². The maximum Gasteiger partial charge on any atom is 0.261 e. The number of para-hydroxylation sites is 1. The monoisotopic (exact) mass is 436 g/mol. The van der Waals surface area contributed by atoms with Crippen LogP contribution in [-0.2, 0) is 16.1 Å². The summed E-state index contributed by atoms with van der Waals surface area (Å²) in [6.45, 7) is 7.39. The predicted octanol–water partition coefficient (Wildman–Crippen LogP) is 4.70. The fourth-order valence-electron chi connectivity index (χ4n) is 2.63. The van der Waals surface area contributed by atoms with E-state index in [2.05, 4.69) is 5.32 Å². The zero-order chi connectivity index (χ0) is 21.6. The first kappa shape index (κ1) is 23.0. The van der Waals surface area contributed by atoms with Gasteiger partial charge in [-0.3, -0.25) is 9.59 Å². The van der Waals surface area contributed by atoms with Crippen molar-refractivity contribution in [2.45, 2.75) is 45.8 Å². The molecule has 0 saturated carbocycles. The zero-order valence-corrected chi connectivity index (χ0v) is 18.6. The van der Waals surface area contributed by atoms with Crippen LogP contribution in [0, 0.1) is 0 Å². The van der Waals surface area contributed by atoms with Gasteiger partial charge in [-0.25, -0.2) is 0 Å². The summed E-state index contributed by atoms with van der Waals surface area (Å²) in [6, 6.07) is 13.4. The molecule has 29 heavy (non-hydrogen) atoms. The summed E-state index contributed by atoms with van der Waals surface area (Å²) in [7, 11) is 0. The van der Waals surface area contributed by atoms with Crippen molar-refractivity contribution >= 4 is 35.0 Å². The number of carbonyl (C=O) groups is 2. The number of nitrogens with zero attached hydrogens (tertiary/aromatic N) is 1. The van der Waals surface area contributed by atoms with Crippen LogP contribution >= 0.6 is 23.2 Å². The number of hydrogen-bond acceptors (Lipinski definition) is 3. The van der Waals surface area contributed by atoms with Crippen LogP contribution in [0.5, 0.6) is 5.75 Å². The summed E-state index contributed by atoms with van der Waals surface area (Å²) in [5.41, 5.74) is 0.449. The molecule has 7 heteroatoms. The SMILES string of the molecule is CC(C(=O)NC(C)(C)C)N(Cc1ccc(Cl)cc1)C(=O)COc1ccccc1Cl. The van der Waals surface area contributed by atoms with Gasteiger partial charge < -0.3 is 15.0 Å². The van der Waals surface area contributed by atoms with E-state index in [1.165, 1.54) is 4.90 Å².